The first kappa shape index (κ1) is 24.5. The Balaban J connectivity index is 1.32. The topological polar surface area (TPSA) is 76.9 Å². The molecule has 0 bridgehead atoms. The minimum absolute atomic E-state index is 0.118. The number of piperidine rings is 1. The van der Waals surface area contributed by atoms with Crippen LogP contribution in [0.5, 0.6) is 0 Å². The predicted molar refractivity (Wildman–Crippen MR) is 136 cm³/mol. The molecule has 5 rings (SSSR count). The van der Waals surface area contributed by atoms with Crippen molar-refractivity contribution in [3.05, 3.63) is 65.5 Å². The van der Waals surface area contributed by atoms with Crippen molar-refractivity contribution < 1.29 is 19.2 Å². The van der Waals surface area contributed by atoms with Crippen LogP contribution in [0.25, 0.3) is 10.8 Å². The van der Waals surface area contributed by atoms with Crippen LogP contribution in [0.15, 0.2) is 48.7 Å². The summed E-state index contributed by atoms with van der Waals surface area (Å²) in [6.45, 7) is 7.55. The predicted octanol–water partition coefficient (Wildman–Crippen LogP) is 3.85. The number of nitrogens with zero attached hydrogens (tertiary/aromatic N) is 4. The third-order valence-electron chi connectivity index (χ3n) is 7.81. The van der Waals surface area contributed by atoms with Gasteiger partial charge in [-0.1, -0.05) is 36.4 Å². The number of likely N-dealkylation sites (tertiary alicyclic amines) is 1. The zero-order valence-corrected chi connectivity index (χ0v) is 21.3. The molecule has 2 fully saturated rings. The van der Waals surface area contributed by atoms with Crippen molar-refractivity contribution >= 4 is 22.6 Å². The van der Waals surface area contributed by atoms with Gasteiger partial charge >= 0.3 is 5.97 Å². The largest absolute Gasteiger partial charge is 0.469 e. The van der Waals surface area contributed by atoms with Crippen molar-refractivity contribution in [2.45, 2.75) is 58.3 Å². The molecule has 36 heavy (non-hydrogen) atoms. The number of esters is 1. The van der Waals surface area contributed by atoms with E-state index in [0.29, 0.717) is 12.8 Å². The zero-order chi connectivity index (χ0) is 25.3. The molecule has 0 N–H and O–H groups in total. The number of aromatic nitrogens is 2. The van der Waals surface area contributed by atoms with E-state index in [-0.39, 0.29) is 24.9 Å². The second kappa shape index (κ2) is 10.0. The van der Waals surface area contributed by atoms with Crippen molar-refractivity contribution in [1.82, 2.24) is 19.7 Å². The quantitative estimate of drug-likeness (QED) is 0.468. The van der Waals surface area contributed by atoms with Crippen molar-refractivity contribution in [3.63, 3.8) is 0 Å². The van der Waals surface area contributed by atoms with Crippen LogP contribution >= 0.6 is 0 Å². The molecule has 3 heterocycles. The van der Waals surface area contributed by atoms with E-state index in [0.717, 1.165) is 48.2 Å². The van der Waals surface area contributed by atoms with Gasteiger partial charge in [-0.15, -0.1) is 0 Å². The Hall–Kier alpha value is -3.23. The van der Waals surface area contributed by atoms with Crippen molar-refractivity contribution in [2.24, 2.45) is 5.92 Å². The van der Waals surface area contributed by atoms with Crippen LogP contribution in [0.4, 0.5) is 0 Å². The van der Waals surface area contributed by atoms with Crippen molar-refractivity contribution in [1.29, 1.82) is 0 Å². The molecule has 190 valence electrons. The minimum Gasteiger partial charge on any atom is -0.469 e. The molecule has 3 aromatic rings. The Morgan fingerprint density at radius 2 is 1.89 bits per heavy atom. The molecule has 0 saturated carbocycles. The Labute approximate surface area is 211 Å². The van der Waals surface area contributed by atoms with E-state index in [1.165, 1.54) is 17.7 Å². The van der Waals surface area contributed by atoms with Gasteiger partial charge in [-0.05, 0) is 49.1 Å². The van der Waals surface area contributed by atoms with Crippen LogP contribution in [0.2, 0.25) is 0 Å². The molecular formula is C28H34N4O4. The number of hydrogen-bond donors (Lipinski definition) is 0. The van der Waals surface area contributed by atoms with Gasteiger partial charge in [0.15, 0.2) is 0 Å². The molecule has 1 spiro atoms. The second-order valence-electron chi connectivity index (χ2n) is 9.90. The maximum absolute atomic E-state index is 13.1. The molecular weight excluding hydrogens is 456 g/mol. The van der Waals surface area contributed by atoms with Crippen LogP contribution in [-0.2, 0) is 38.9 Å². The average Bonchev–Trinajstić information content (AvgIpc) is 3.39. The molecule has 8 heteroatoms. The molecule has 2 aliphatic rings. The molecule has 8 nitrogen and oxygen atoms in total. The van der Waals surface area contributed by atoms with Gasteiger partial charge in [0.1, 0.15) is 6.61 Å². The Morgan fingerprint density at radius 1 is 1.14 bits per heavy atom. The van der Waals surface area contributed by atoms with E-state index in [4.69, 9.17) is 9.57 Å². The summed E-state index contributed by atoms with van der Waals surface area (Å²) in [6, 6.07) is 14.3. The molecule has 2 aromatic carbocycles. The lowest BCUT2D eigenvalue weighted by atomic mass is 9.77. The van der Waals surface area contributed by atoms with Crippen LogP contribution in [-0.4, -0.2) is 57.4 Å². The summed E-state index contributed by atoms with van der Waals surface area (Å²) in [4.78, 5) is 34.5. The fourth-order valence-electron chi connectivity index (χ4n) is 5.72. The van der Waals surface area contributed by atoms with Gasteiger partial charge in [-0.3, -0.25) is 24.0 Å². The van der Waals surface area contributed by atoms with Gasteiger partial charge in [0.25, 0.3) is 0 Å². The molecule has 2 saturated heterocycles. The molecule has 1 aromatic heterocycles. The van der Waals surface area contributed by atoms with E-state index < -0.39 is 11.5 Å². The van der Waals surface area contributed by atoms with E-state index in [9.17, 15) is 9.59 Å². The van der Waals surface area contributed by atoms with Gasteiger partial charge in [0, 0.05) is 44.4 Å². The number of hydroxylamine groups is 2. The highest BCUT2D eigenvalue weighted by Crippen LogP contribution is 2.45. The van der Waals surface area contributed by atoms with Gasteiger partial charge in [-0.2, -0.15) is 5.10 Å². The van der Waals surface area contributed by atoms with Crippen LogP contribution in [0.3, 0.4) is 0 Å². The number of rotatable bonds is 7. The summed E-state index contributed by atoms with van der Waals surface area (Å²) < 4.78 is 7.08. The number of hydrogen-bond acceptors (Lipinski definition) is 6. The van der Waals surface area contributed by atoms with Crippen LogP contribution in [0, 0.1) is 12.8 Å². The van der Waals surface area contributed by atoms with Gasteiger partial charge in [0.05, 0.1) is 24.3 Å². The monoisotopic (exact) mass is 490 g/mol. The molecule has 1 amide bonds. The lowest BCUT2D eigenvalue weighted by Crippen LogP contribution is -2.57. The lowest BCUT2D eigenvalue weighted by Gasteiger charge is -2.45. The molecule has 2 aliphatic heterocycles. The van der Waals surface area contributed by atoms with E-state index in [1.807, 2.05) is 29.8 Å². The van der Waals surface area contributed by atoms with E-state index >= 15 is 0 Å². The Morgan fingerprint density at radius 3 is 2.58 bits per heavy atom. The highest BCUT2D eigenvalue weighted by atomic mass is 16.7. The number of carbonyl (C=O) groups excluding carboxylic acids is 2. The highest BCUT2D eigenvalue weighted by molar-refractivity contribution is 5.88. The van der Waals surface area contributed by atoms with E-state index in [2.05, 4.69) is 47.4 Å². The lowest BCUT2D eigenvalue weighted by molar-refractivity contribution is -0.229. The summed E-state index contributed by atoms with van der Waals surface area (Å²) in [7, 11) is 1.39. The maximum Gasteiger partial charge on any atom is 0.311 e. The third-order valence-corrected chi connectivity index (χ3v) is 7.81. The van der Waals surface area contributed by atoms with Crippen molar-refractivity contribution in [3.8, 4) is 0 Å². The molecule has 1 unspecified atom stereocenters. The number of amides is 1. The number of benzene rings is 2. The zero-order valence-electron chi connectivity index (χ0n) is 21.3. The number of methoxy groups -OCH3 is 1. The van der Waals surface area contributed by atoms with Crippen molar-refractivity contribution in [2.75, 3.05) is 20.2 Å². The first-order valence-corrected chi connectivity index (χ1v) is 12.7. The second-order valence-corrected chi connectivity index (χ2v) is 9.90. The highest BCUT2D eigenvalue weighted by Gasteiger charge is 2.58. The van der Waals surface area contributed by atoms with Gasteiger partial charge in [0.2, 0.25) is 5.91 Å². The first-order chi connectivity index (χ1) is 17.4. The smallest absolute Gasteiger partial charge is 0.311 e. The SMILES string of the molecule is CCn1cc(CN2CCC3(CC2)C(C(=O)OC)CC(=O)N3OCc2ccc3ccccc3c2)c(C)n1. The average molecular weight is 491 g/mol. The fraction of sp³-hybridized carbons (Fsp3) is 0.464. The van der Waals surface area contributed by atoms with Crippen LogP contribution < -0.4 is 0 Å². The maximum atomic E-state index is 13.1. The Bertz CT molecular complexity index is 1260. The van der Waals surface area contributed by atoms with E-state index in [1.54, 1.807) is 0 Å². The summed E-state index contributed by atoms with van der Waals surface area (Å²) in [5, 5.41) is 8.37. The third kappa shape index (κ3) is 4.51. The number of fused-ring (bicyclic) bond motifs is 1. The standard InChI is InChI=1S/C28H34N4O4/c1-4-31-18-24(20(2)29-31)17-30-13-11-28(12-14-30)25(27(34)35-3)16-26(33)32(28)36-19-21-9-10-22-7-5-6-8-23(22)15-21/h5-10,15,18,25H,4,11-14,16-17,19H2,1-3H3. The van der Waals surface area contributed by atoms with Gasteiger partial charge < -0.3 is 4.74 Å². The Kier molecular flexibility index (Phi) is 6.81. The molecule has 0 aliphatic carbocycles. The summed E-state index contributed by atoms with van der Waals surface area (Å²) in [5.41, 5.74) is 2.55. The molecule has 0 radical (unpaired) electrons. The summed E-state index contributed by atoms with van der Waals surface area (Å²) in [5.74, 6) is -1.02. The molecule has 1 atom stereocenters. The normalized spacial score (nSPS) is 19.9. The van der Waals surface area contributed by atoms with Gasteiger partial charge in [-0.25, -0.2) is 5.06 Å². The van der Waals surface area contributed by atoms with Crippen LogP contribution in [0.1, 0.15) is 43.0 Å². The first-order valence-electron chi connectivity index (χ1n) is 12.7. The number of aryl methyl sites for hydroxylation is 2. The summed E-state index contributed by atoms with van der Waals surface area (Å²) >= 11 is 0. The minimum atomic E-state index is -0.694. The number of carbonyl (C=O) groups is 2. The fourth-order valence-corrected chi connectivity index (χ4v) is 5.72. The summed E-state index contributed by atoms with van der Waals surface area (Å²) in [6.07, 6.45) is 3.52. The number of ether oxygens (including phenoxy) is 1.